The minimum atomic E-state index is -0.611. The van der Waals surface area contributed by atoms with Crippen LogP contribution in [0.15, 0.2) is 0 Å². The van der Waals surface area contributed by atoms with Crippen LogP contribution in [-0.4, -0.2) is 59.5 Å². The van der Waals surface area contributed by atoms with Crippen LogP contribution in [0, 0.1) is 0 Å². The average Bonchev–Trinajstić information content (AvgIpc) is 1.84. The van der Waals surface area contributed by atoms with Crippen LogP contribution < -0.4 is 0 Å². The molecule has 0 rings (SSSR count). The molecule has 0 N–H and O–H groups in total. The second kappa shape index (κ2) is 14.6. The van der Waals surface area contributed by atoms with Crippen molar-refractivity contribution in [2.45, 2.75) is 0 Å². The summed E-state index contributed by atoms with van der Waals surface area (Å²) in [6.07, 6.45) is 7.31. The summed E-state index contributed by atoms with van der Waals surface area (Å²) < 4.78 is 19.1. The topological polar surface area (TPSA) is 66.4 Å². The van der Waals surface area contributed by atoms with E-state index in [1.54, 1.807) is 39.1 Å². The Morgan fingerprint density at radius 1 is 1.00 bits per heavy atom. The number of carbonyl (C=O) groups is 1. The lowest BCUT2D eigenvalue weighted by molar-refractivity contribution is -0.115. The Bertz CT molecular complexity index is 88.2. The van der Waals surface area contributed by atoms with Gasteiger partial charge in [0.1, 0.15) is 0 Å². The van der Waals surface area contributed by atoms with Crippen LogP contribution in [0.5, 0.6) is 0 Å². The van der Waals surface area contributed by atoms with Gasteiger partial charge in [0.25, 0.3) is 0 Å². The minimum absolute atomic E-state index is 0.611. The normalized spacial score (nSPS) is 8.15. The number of carbonyl (C=O) groups excluding carboxylic acids is 1. The van der Waals surface area contributed by atoms with E-state index < -0.39 is 22.4 Å². The summed E-state index contributed by atoms with van der Waals surface area (Å²) in [5.74, 6) is 0. The van der Waals surface area contributed by atoms with E-state index in [2.05, 4.69) is 0 Å². The minimum Gasteiger partial charge on any atom is -0.617 e. The summed E-state index contributed by atoms with van der Waals surface area (Å²) in [5, 5.41) is 0. The summed E-state index contributed by atoms with van der Waals surface area (Å²) >= 11 is -1.22. The Labute approximate surface area is 87.1 Å². The predicted octanol–water partition coefficient (Wildman–Crippen LogP) is -0.306. The molecule has 0 spiro atoms. The Morgan fingerprint density at radius 2 is 1.08 bits per heavy atom. The molecule has 0 aromatic rings. The average molecular weight is 229 g/mol. The first kappa shape index (κ1) is 18.8. The zero-order chi connectivity index (χ0) is 11.4. The molecule has 0 aliphatic heterocycles. The van der Waals surface area contributed by atoms with E-state index in [0.717, 1.165) is 6.41 Å². The van der Waals surface area contributed by atoms with Gasteiger partial charge >= 0.3 is 0 Å². The number of nitrogens with zero attached hydrogens (tertiary/aromatic N) is 1. The highest BCUT2D eigenvalue weighted by atomic mass is 32.2. The standard InChI is InChI=1S/C3H7NO.2C2H6OS/c1-4(2)3-5;2*1-4(2)3/h3H,1-2H3;2*1-2H3. The van der Waals surface area contributed by atoms with Gasteiger partial charge in [0.15, 0.2) is 0 Å². The quantitative estimate of drug-likeness (QED) is 0.458. The molecule has 0 heterocycles. The smallest absolute Gasteiger partial charge is 0.209 e. The molecule has 82 valence electrons. The first-order valence-corrected chi connectivity index (χ1v) is 7.29. The lowest BCUT2D eigenvalue weighted by Crippen LogP contribution is -2.06. The van der Waals surface area contributed by atoms with E-state index in [4.69, 9.17) is 0 Å². The van der Waals surface area contributed by atoms with Crippen molar-refractivity contribution in [3.05, 3.63) is 0 Å². The van der Waals surface area contributed by atoms with Gasteiger partial charge in [0.2, 0.25) is 6.41 Å². The molecule has 0 aromatic carbocycles. The summed E-state index contributed by atoms with van der Waals surface area (Å²) in [4.78, 5) is 10.9. The van der Waals surface area contributed by atoms with Crippen molar-refractivity contribution < 1.29 is 13.9 Å². The molecule has 13 heavy (non-hydrogen) atoms. The molecule has 0 unspecified atom stereocenters. The maximum absolute atomic E-state index is 9.56. The van der Waals surface area contributed by atoms with Gasteiger partial charge in [-0.1, -0.05) is 22.4 Å². The Hall–Kier alpha value is 0.0900. The molecule has 0 saturated carbocycles. The van der Waals surface area contributed by atoms with Gasteiger partial charge in [-0.2, -0.15) is 0 Å². The fraction of sp³-hybridized carbons (Fsp3) is 0.857. The van der Waals surface area contributed by atoms with Crippen LogP contribution in [0.2, 0.25) is 0 Å². The highest BCUT2D eigenvalue weighted by molar-refractivity contribution is 7.90. The molecule has 0 radical (unpaired) electrons. The lowest BCUT2D eigenvalue weighted by Gasteiger charge is -1.93. The van der Waals surface area contributed by atoms with Gasteiger partial charge in [-0.05, 0) is 0 Å². The highest BCUT2D eigenvalue weighted by Gasteiger charge is 1.68. The monoisotopic (exact) mass is 229 g/mol. The lowest BCUT2D eigenvalue weighted by atomic mass is 11.0. The molecular formula is C7H19NO3S2. The van der Waals surface area contributed by atoms with Crippen LogP contribution in [0.3, 0.4) is 0 Å². The molecule has 0 aromatic heterocycles. The number of amides is 1. The van der Waals surface area contributed by atoms with Crippen molar-refractivity contribution in [1.29, 1.82) is 0 Å². The van der Waals surface area contributed by atoms with E-state index in [-0.39, 0.29) is 0 Å². The van der Waals surface area contributed by atoms with E-state index >= 15 is 0 Å². The van der Waals surface area contributed by atoms with Gasteiger partial charge in [-0.25, -0.2) is 0 Å². The zero-order valence-corrected chi connectivity index (χ0v) is 10.7. The fourth-order valence-corrected chi connectivity index (χ4v) is 0. The summed E-state index contributed by atoms with van der Waals surface area (Å²) in [6, 6.07) is 0. The van der Waals surface area contributed by atoms with Crippen molar-refractivity contribution in [2.75, 3.05) is 39.1 Å². The molecule has 4 nitrogen and oxygen atoms in total. The largest absolute Gasteiger partial charge is 0.617 e. The number of hydrogen-bond donors (Lipinski definition) is 0. The molecule has 0 bridgehead atoms. The van der Waals surface area contributed by atoms with E-state index in [1.165, 1.54) is 4.90 Å². The Balaban J connectivity index is -0.000000117. The van der Waals surface area contributed by atoms with E-state index in [9.17, 15) is 13.9 Å². The second-order valence-electron chi connectivity index (χ2n) is 2.55. The van der Waals surface area contributed by atoms with Crippen LogP contribution in [0.1, 0.15) is 0 Å². The third-order valence-electron chi connectivity index (χ3n) is 0.211. The van der Waals surface area contributed by atoms with Crippen molar-refractivity contribution in [2.24, 2.45) is 0 Å². The molecule has 0 atom stereocenters. The predicted molar refractivity (Wildman–Crippen MR) is 59.7 cm³/mol. The Morgan fingerprint density at radius 3 is 1.08 bits per heavy atom. The van der Waals surface area contributed by atoms with Gasteiger partial charge in [0.05, 0.1) is 25.0 Å². The fourth-order valence-electron chi connectivity index (χ4n) is 0. The van der Waals surface area contributed by atoms with E-state index in [1.807, 2.05) is 0 Å². The first-order chi connectivity index (χ1) is 5.73. The van der Waals surface area contributed by atoms with Crippen LogP contribution >= 0.6 is 0 Å². The van der Waals surface area contributed by atoms with Crippen LogP contribution in [-0.2, 0) is 27.1 Å². The third kappa shape index (κ3) is 282. The van der Waals surface area contributed by atoms with Gasteiger partial charge in [0, 0.05) is 14.1 Å². The molecular weight excluding hydrogens is 210 g/mol. The zero-order valence-electron chi connectivity index (χ0n) is 9.07. The molecule has 0 aliphatic carbocycles. The SMILES string of the molecule is CN(C)C=O.C[S+](C)[O-].C[S+](C)[O-]. The summed E-state index contributed by atoms with van der Waals surface area (Å²) in [5.41, 5.74) is 0. The van der Waals surface area contributed by atoms with Crippen LogP contribution in [0.25, 0.3) is 0 Å². The van der Waals surface area contributed by atoms with Gasteiger partial charge < -0.3 is 14.0 Å². The van der Waals surface area contributed by atoms with Crippen molar-refractivity contribution in [3.63, 3.8) is 0 Å². The van der Waals surface area contributed by atoms with Crippen molar-refractivity contribution in [1.82, 2.24) is 4.90 Å². The summed E-state index contributed by atoms with van der Waals surface area (Å²) in [6.45, 7) is 0. The van der Waals surface area contributed by atoms with Gasteiger partial charge in [-0.15, -0.1) is 0 Å². The molecule has 0 aliphatic rings. The second-order valence-corrected chi connectivity index (χ2v) is 5.52. The molecule has 0 saturated heterocycles. The molecule has 1 amide bonds. The number of hydrogen-bond acceptors (Lipinski definition) is 3. The first-order valence-electron chi connectivity index (χ1n) is 3.35. The third-order valence-corrected chi connectivity index (χ3v) is 0.211. The molecule has 0 fully saturated rings. The van der Waals surface area contributed by atoms with E-state index in [0.29, 0.717) is 0 Å². The Kier molecular flexibility index (Phi) is 21.1. The number of rotatable bonds is 1. The maximum Gasteiger partial charge on any atom is 0.209 e. The van der Waals surface area contributed by atoms with Crippen molar-refractivity contribution in [3.8, 4) is 0 Å². The van der Waals surface area contributed by atoms with Crippen molar-refractivity contribution >= 4 is 28.8 Å². The summed E-state index contributed by atoms with van der Waals surface area (Å²) in [7, 11) is 3.38. The highest BCUT2D eigenvalue weighted by Crippen LogP contribution is 1.62. The molecule has 6 heteroatoms. The van der Waals surface area contributed by atoms with Crippen LogP contribution in [0.4, 0.5) is 0 Å². The van der Waals surface area contributed by atoms with Gasteiger partial charge in [-0.3, -0.25) is 4.79 Å². The maximum atomic E-state index is 9.56.